The van der Waals surface area contributed by atoms with Crippen molar-refractivity contribution in [1.29, 1.82) is 0 Å². The number of fused-ring (bicyclic) bond motifs is 3. The summed E-state index contributed by atoms with van der Waals surface area (Å²) in [6, 6.07) is 21.9. The number of carbonyl (C=O) groups is 2. The predicted octanol–water partition coefficient (Wildman–Crippen LogP) is 7.02. The highest BCUT2D eigenvalue weighted by atomic mass is 32.1. The number of carbonyl (C=O) groups excluding carboxylic acids is 2. The average molecular weight is 537 g/mol. The van der Waals surface area contributed by atoms with Crippen molar-refractivity contribution in [3.63, 3.8) is 0 Å². The molecule has 2 amide bonds. The van der Waals surface area contributed by atoms with Crippen molar-refractivity contribution >= 4 is 34.5 Å². The third kappa shape index (κ3) is 4.53. The Balaban J connectivity index is 1.29. The number of nitrogens with one attached hydrogen (secondary N) is 2. The minimum absolute atomic E-state index is 0.0823. The molecule has 0 aliphatic carbocycles. The van der Waals surface area contributed by atoms with E-state index >= 15 is 0 Å². The van der Waals surface area contributed by atoms with Crippen LogP contribution >= 0.6 is 11.3 Å². The molecule has 39 heavy (non-hydrogen) atoms. The van der Waals surface area contributed by atoms with Crippen LogP contribution in [0.4, 0.5) is 15.8 Å². The van der Waals surface area contributed by atoms with Crippen molar-refractivity contribution in [3.05, 3.63) is 112 Å². The number of rotatable bonds is 4. The van der Waals surface area contributed by atoms with Crippen LogP contribution in [0.1, 0.15) is 36.9 Å². The molecule has 0 radical (unpaired) electrons. The Morgan fingerprint density at radius 1 is 1.00 bits per heavy atom. The zero-order valence-corrected chi connectivity index (χ0v) is 22.2. The Morgan fingerprint density at radius 3 is 2.54 bits per heavy atom. The Hall–Kier alpha value is -4.56. The molecule has 0 saturated carbocycles. The lowest BCUT2D eigenvalue weighted by Crippen LogP contribution is -2.32. The van der Waals surface area contributed by atoms with Crippen LogP contribution in [0, 0.1) is 19.7 Å². The van der Waals surface area contributed by atoms with Crippen LogP contribution in [-0.2, 0) is 6.42 Å². The molecule has 8 heteroatoms. The van der Waals surface area contributed by atoms with Gasteiger partial charge in [-0.05, 0) is 67.3 Å². The van der Waals surface area contributed by atoms with Gasteiger partial charge in [0.15, 0.2) is 0 Å². The van der Waals surface area contributed by atoms with Crippen LogP contribution in [0.15, 0.2) is 79.0 Å². The van der Waals surface area contributed by atoms with E-state index in [-0.39, 0.29) is 17.5 Å². The van der Waals surface area contributed by atoms with E-state index in [4.69, 9.17) is 0 Å². The molecule has 3 aromatic carbocycles. The van der Waals surface area contributed by atoms with Crippen molar-refractivity contribution in [3.8, 4) is 21.6 Å². The number of para-hydroxylation sites is 2. The molecule has 0 saturated heterocycles. The standard InChI is InChI=1S/C31H25FN4O2S/c1-18-6-5-8-25(32)28(18)34-30(37)27-16-22-14-15-36(26-9-4-3-7-23(26)29(22)39-27)31(38)21-12-10-20(11-13-21)24-17-33-35-19(24)2/h3-13,16-17H,14-15H2,1-2H3,(H,33,35)(H,34,37). The molecular formula is C31H25FN4O2S. The van der Waals surface area contributed by atoms with Gasteiger partial charge in [-0.15, -0.1) is 11.3 Å². The quantitative estimate of drug-likeness (QED) is 0.259. The van der Waals surface area contributed by atoms with Gasteiger partial charge >= 0.3 is 0 Å². The van der Waals surface area contributed by atoms with Crippen LogP contribution in [-0.4, -0.2) is 28.6 Å². The van der Waals surface area contributed by atoms with Crippen molar-refractivity contribution in [1.82, 2.24) is 10.2 Å². The SMILES string of the molecule is Cc1cccc(F)c1NC(=O)c1cc2c(s1)-c1ccccc1N(C(=O)c1ccc(-c3cn[nH]c3C)cc1)CC2. The Kier molecular flexibility index (Phi) is 6.32. The zero-order valence-electron chi connectivity index (χ0n) is 21.4. The van der Waals surface area contributed by atoms with Crippen LogP contribution in [0.3, 0.4) is 0 Å². The molecule has 6 rings (SSSR count). The van der Waals surface area contributed by atoms with E-state index < -0.39 is 5.82 Å². The fraction of sp³-hybridized carbons (Fsp3) is 0.129. The Bertz CT molecular complexity index is 1700. The maximum Gasteiger partial charge on any atom is 0.265 e. The Morgan fingerprint density at radius 2 is 1.79 bits per heavy atom. The van der Waals surface area contributed by atoms with Gasteiger partial charge in [0.25, 0.3) is 11.8 Å². The summed E-state index contributed by atoms with van der Waals surface area (Å²) in [6.45, 7) is 4.19. The van der Waals surface area contributed by atoms with Crippen LogP contribution in [0.5, 0.6) is 0 Å². The van der Waals surface area contributed by atoms with Gasteiger partial charge in [0.2, 0.25) is 0 Å². The number of halogens is 1. The van der Waals surface area contributed by atoms with Gasteiger partial charge in [-0.3, -0.25) is 14.7 Å². The topological polar surface area (TPSA) is 78.1 Å². The number of amides is 2. The number of H-pyrrole nitrogens is 1. The molecule has 0 fully saturated rings. The maximum atomic E-state index is 14.3. The first-order valence-electron chi connectivity index (χ1n) is 12.6. The number of hydrogen-bond acceptors (Lipinski definition) is 4. The molecule has 0 atom stereocenters. The second kappa shape index (κ2) is 9.96. The summed E-state index contributed by atoms with van der Waals surface area (Å²) < 4.78 is 14.3. The summed E-state index contributed by atoms with van der Waals surface area (Å²) in [5.74, 6) is -0.894. The third-order valence-corrected chi connectivity index (χ3v) is 8.26. The van der Waals surface area contributed by atoms with Crippen molar-refractivity contribution in [2.24, 2.45) is 0 Å². The van der Waals surface area contributed by atoms with E-state index in [1.54, 1.807) is 25.3 Å². The average Bonchev–Trinajstić information content (AvgIpc) is 3.54. The monoisotopic (exact) mass is 536 g/mol. The van der Waals surface area contributed by atoms with E-state index in [2.05, 4.69) is 15.5 Å². The lowest BCUT2D eigenvalue weighted by molar-refractivity contribution is 0.0985. The molecule has 2 N–H and O–H groups in total. The molecule has 0 bridgehead atoms. The first-order chi connectivity index (χ1) is 18.9. The van der Waals surface area contributed by atoms with Crippen LogP contribution in [0.25, 0.3) is 21.6 Å². The largest absolute Gasteiger partial charge is 0.319 e. The van der Waals surface area contributed by atoms with E-state index in [1.807, 2.05) is 66.4 Å². The molecule has 0 unspecified atom stereocenters. The molecule has 1 aliphatic heterocycles. The molecule has 194 valence electrons. The third-order valence-electron chi connectivity index (χ3n) is 7.06. The lowest BCUT2D eigenvalue weighted by Gasteiger charge is -2.23. The van der Waals surface area contributed by atoms with Crippen LogP contribution < -0.4 is 10.2 Å². The minimum atomic E-state index is -0.464. The number of aromatic nitrogens is 2. The smallest absolute Gasteiger partial charge is 0.265 e. The molecule has 0 spiro atoms. The zero-order chi connectivity index (χ0) is 27.1. The first-order valence-corrected chi connectivity index (χ1v) is 13.4. The summed E-state index contributed by atoms with van der Waals surface area (Å²) in [4.78, 5) is 30.1. The van der Waals surface area contributed by atoms with Gasteiger partial charge in [-0.2, -0.15) is 5.10 Å². The molecule has 3 heterocycles. The molecular weight excluding hydrogens is 511 g/mol. The number of nitrogens with zero attached hydrogens (tertiary/aromatic N) is 2. The highest BCUT2D eigenvalue weighted by Gasteiger charge is 2.28. The van der Waals surface area contributed by atoms with E-state index in [0.717, 1.165) is 38.5 Å². The molecule has 2 aromatic heterocycles. The fourth-order valence-corrected chi connectivity index (χ4v) is 6.11. The predicted molar refractivity (Wildman–Crippen MR) is 153 cm³/mol. The second-order valence-corrected chi connectivity index (χ2v) is 10.6. The van der Waals surface area contributed by atoms with Gasteiger partial charge in [-0.25, -0.2) is 4.39 Å². The van der Waals surface area contributed by atoms with Gasteiger partial charge < -0.3 is 10.2 Å². The fourth-order valence-electron chi connectivity index (χ4n) is 4.97. The number of anilines is 2. The maximum absolute atomic E-state index is 14.3. The number of thiophene rings is 1. The molecule has 1 aliphatic rings. The number of aromatic amines is 1. The van der Waals surface area contributed by atoms with E-state index in [1.165, 1.54) is 17.4 Å². The summed E-state index contributed by atoms with van der Waals surface area (Å²) >= 11 is 1.36. The lowest BCUT2D eigenvalue weighted by atomic mass is 10.0. The molecule has 5 aromatic rings. The summed E-state index contributed by atoms with van der Waals surface area (Å²) in [5, 5.41) is 9.76. The van der Waals surface area contributed by atoms with Gasteiger partial charge in [-0.1, -0.05) is 42.5 Å². The van der Waals surface area contributed by atoms with Crippen molar-refractivity contribution in [2.45, 2.75) is 20.3 Å². The number of hydrogen-bond donors (Lipinski definition) is 2. The summed E-state index contributed by atoms with van der Waals surface area (Å²) in [7, 11) is 0. The Labute approximate surface area is 229 Å². The number of aryl methyl sites for hydroxylation is 2. The minimum Gasteiger partial charge on any atom is -0.319 e. The van der Waals surface area contributed by atoms with Gasteiger partial charge in [0.05, 0.1) is 22.4 Å². The van der Waals surface area contributed by atoms with Gasteiger partial charge in [0, 0.05) is 33.8 Å². The van der Waals surface area contributed by atoms with Crippen LogP contribution in [0.2, 0.25) is 0 Å². The normalized spacial score (nSPS) is 12.4. The second-order valence-electron chi connectivity index (χ2n) is 9.56. The first kappa shape index (κ1) is 24.8. The van der Waals surface area contributed by atoms with E-state index in [9.17, 15) is 14.0 Å². The molecule has 6 nitrogen and oxygen atoms in total. The highest BCUT2D eigenvalue weighted by Crippen LogP contribution is 2.42. The van der Waals surface area contributed by atoms with E-state index in [0.29, 0.717) is 29.0 Å². The summed E-state index contributed by atoms with van der Waals surface area (Å²) in [5.41, 5.74) is 7.11. The van der Waals surface area contributed by atoms with Gasteiger partial charge in [0.1, 0.15) is 5.82 Å². The highest BCUT2D eigenvalue weighted by molar-refractivity contribution is 7.17. The van der Waals surface area contributed by atoms with Crippen molar-refractivity contribution in [2.75, 3.05) is 16.8 Å². The van der Waals surface area contributed by atoms with Crippen molar-refractivity contribution < 1.29 is 14.0 Å². The number of benzene rings is 3. The summed E-state index contributed by atoms with van der Waals surface area (Å²) in [6.07, 6.45) is 2.37.